The lowest BCUT2D eigenvalue weighted by Crippen LogP contribution is -2.49. The molecule has 6 nitrogen and oxygen atoms in total. The van der Waals surface area contributed by atoms with Gasteiger partial charge < -0.3 is 26.6 Å². The smallest absolute Gasteiger partial charge is 0.398 e. The SMILES string of the molecule is CCO[Si](OCC)(OCC)OCC.CO[Si](C)(CCCS)OC. The molecule has 0 fully saturated rings. The fraction of sp³-hybridized carbons (Fsp3) is 1.00. The van der Waals surface area contributed by atoms with Crippen molar-refractivity contribution < 1.29 is 26.6 Å². The van der Waals surface area contributed by atoms with Crippen molar-refractivity contribution in [2.45, 2.75) is 46.7 Å². The molecule has 0 saturated carbocycles. The van der Waals surface area contributed by atoms with Crippen LogP contribution in [0.3, 0.4) is 0 Å². The van der Waals surface area contributed by atoms with Crippen LogP contribution in [0, 0.1) is 0 Å². The molecular formula is C14H36O6SSi2. The first-order valence-electron chi connectivity index (χ1n) is 8.19. The maximum atomic E-state index is 5.42. The Labute approximate surface area is 150 Å². The first-order valence-corrected chi connectivity index (χ1v) is 13.0. The predicted molar refractivity (Wildman–Crippen MR) is 101 cm³/mol. The van der Waals surface area contributed by atoms with Crippen LogP contribution in [0.2, 0.25) is 12.6 Å². The molecule has 142 valence electrons. The molecule has 0 N–H and O–H groups in total. The highest BCUT2D eigenvalue weighted by Gasteiger charge is 2.44. The standard InChI is InChI=1S/C8H20O4Si.C6H16O2SSi/c1-5-9-13(10-6-2,11-7-3)12-8-4;1-7-10(3,8-2)6-4-5-9/h5-8H2,1-4H3;9H,4-6H2,1-3H3. The molecule has 0 amide bonds. The predicted octanol–water partition coefficient (Wildman–Crippen LogP) is 3.24. The van der Waals surface area contributed by atoms with E-state index in [1.54, 1.807) is 14.2 Å². The molecule has 0 aromatic heterocycles. The summed E-state index contributed by atoms with van der Waals surface area (Å²) in [4.78, 5) is 0. The van der Waals surface area contributed by atoms with Crippen LogP contribution in [0.4, 0.5) is 0 Å². The van der Waals surface area contributed by atoms with Gasteiger partial charge in [0, 0.05) is 40.6 Å². The van der Waals surface area contributed by atoms with Crippen molar-refractivity contribution in [3.63, 3.8) is 0 Å². The Morgan fingerprint density at radius 2 is 1.09 bits per heavy atom. The van der Waals surface area contributed by atoms with E-state index in [-0.39, 0.29) is 0 Å². The molecule has 0 aromatic rings. The Bertz CT molecular complexity index is 228. The zero-order valence-electron chi connectivity index (χ0n) is 15.8. The molecule has 0 bridgehead atoms. The second kappa shape index (κ2) is 16.0. The Morgan fingerprint density at radius 1 is 0.739 bits per heavy atom. The van der Waals surface area contributed by atoms with Crippen LogP contribution in [0.15, 0.2) is 0 Å². The van der Waals surface area contributed by atoms with Crippen molar-refractivity contribution in [3.05, 3.63) is 0 Å². The third kappa shape index (κ3) is 12.5. The third-order valence-electron chi connectivity index (χ3n) is 2.94. The molecule has 0 radical (unpaired) electrons. The van der Waals surface area contributed by atoms with Gasteiger partial charge in [0.1, 0.15) is 0 Å². The van der Waals surface area contributed by atoms with Crippen LogP contribution < -0.4 is 0 Å². The van der Waals surface area contributed by atoms with E-state index in [2.05, 4.69) is 19.2 Å². The number of rotatable bonds is 13. The maximum Gasteiger partial charge on any atom is 0.679 e. The molecule has 23 heavy (non-hydrogen) atoms. The van der Waals surface area contributed by atoms with Gasteiger partial charge in [0.15, 0.2) is 0 Å². The van der Waals surface area contributed by atoms with Gasteiger partial charge >= 0.3 is 17.6 Å². The molecule has 0 atom stereocenters. The molecule has 0 aliphatic carbocycles. The fourth-order valence-corrected chi connectivity index (χ4v) is 5.41. The summed E-state index contributed by atoms with van der Waals surface area (Å²) < 4.78 is 32.2. The second-order valence-electron chi connectivity index (χ2n) is 4.60. The molecule has 0 spiro atoms. The Morgan fingerprint density at radius 3 is 1.30 bits per heavy atom. The molecule has 0 aliphatic rings. The van der Waals surface area contributed by atoms with Gasteiger partial charge in [-0.15, -0.1) is 0 Å². The summed E-state index contributed by atoms with van der Waals surface area (Å²) in [6, 6.07) is 1.03. The quantitative estimate of drug-likeness (QED) is 0.386. The lowest BCUT2D eigenvalue weighted by Gasteiger charge is -2.26. The summed E-state index contributed by atoms with van der Waals surface area (Å²) in [5.74, 6) is 0.912. The lowest BCUT2D eigenvalue weighted by atomic mass is 10.6. The summed E-state index contributed by atoms with van der Waals surface area (Å²) in [5.41, 5.74) is 0. The monoisotopic (exact) mass is 388 g/mol. The summed E-state index contributed by atoms with van der Waals surface area (Å²) in [7, 11) is -1.13. The van der Waals surface area contributed by atoms with Crippen molar-refractivity contribution in [1.29, 1.82) is 0 Å². The third-order valence-corrected chi connectivity index (χ3v) is 8.81. The number of hydrogen-bond acceptors (Lipinski definition) is 7. The van der Waals surface area contributed by atoms with Crippen molar-refractivity contribution in [2.24, 2.45) is 0 Å². The van der Waals surface area contributed by atoms with E-state index in [1.807, 2.05) is 27.7 Å². The van der Waals surface area contributed by atoms with E-state index in [0.29, 0.717) is 26.4 Å². The van der Waals surface area contributed by atoms with Crippen molar-refractivity contribution in [3.8, 4) is 0 Å². The van der Waals surface area contributed by atoms with E-state index in [1.165, 1.54) is 0 Å². The second-order valence-corrected chi connectivity index (χ2v) is 10.8. The Hall–Kier alpha value is 0.544. The van der Waals surface area contributed by atoms with Crippen LogP contribution >= 0.6 is 12.6 Å². The van der Waals surface area contributed by atoms with Gasteiger partial charge in [-0.2, -0.15) is 12.6 Å². The molecule has 0 unspecified atom stereocenters. The van der Waals surface area contributed by atoms with Crippen LogP contribution in [0.5, 0.6) is 0 Å². The highest BCUT2D eigenvalue weighted by Crippen LogP contribution is 2.13. The summed E-state index contributed by atoms with van der Waals surface area (Å²) in [6.45, 7) is 11.9. The van der Waals surface area contributed by atoms with Crippen molar-refractivity contribution >= 4 is 30.2 Å². The van der Waals surface area contributed by atoms with Crippen LogP contribution in [0.25, 0.3) is 0 Å². The van der Waals surface area contributed by atoms with E-state index in [0.717, 1.165) is 18.2 Å². The minimum absolute atomic E-state index is 0.548. The van der Waals surface area contributed by atoms with Crippen LogP contribution in [-0.4, -0.2) is 64.0 Å². The van der Waals surface area contributed by atoms with Gasteiger partial charge in [-0.25, -0.2) is 0 Å². The summed E-state index contributed by atoms with van der Waals surface area (Å²) in [6.07, 6.45) is 1.08. The normalized spacial score (nSPS) is 12.0. The van der Waals surface area contributed by atoms with E-state index < -0.39 is 17.6 Å². The maximum absolute atomic E-state index is 5.42. The molecule has 9 heteroatoms. The summed E-state index contributed by atoms with van der Waals surface area (Å²) in [5, 5.41) is 0. The Kier molecular flexibility index (Phi) is 18.0. The minimum atomic E-state index is -2.80. The molecule has 0 aromatic carbocycles. The average Bonchev–Trinajstić information content (AvgIpc) is 2.54. The molecule has 0 aliphatic heterocycles. The highest BCUT2D eigenvalue weighted by atomic mass is 32.1. The van der Waals surface area contributed by atoms with E-state index >= 15 is 0 Å². The van der Waals surface area contributed by atoms with Crippen LogP contribution in [-0.2, 0) is 26.6 Å². The van der Waals surface area contributed by atoms with E-state index in [4.69, 9.17) is 26.6 Å². The van der Waals surface area contributed by atoms with Crippen LogP contribution in [0.1, 0.15) is 34.1 Å². The zero-order valence-corrected chi connectivity index (χ0v) is 18.7. The van der Waals surface area contributed by atoms with Gasteiger partial charge in [0.05, 0.1) is 0 Å². The summed E-state index contributed by atoms with van der Waals surface area (Å²) >= 11 is 4.12. The van der Waals surface area contributed by atoms with Gasteiger partial charge in [-0.3, -0.25) is 0 Å². The van der Waals surface area contributed by atoms with E-state index in [9.17, 15) is 0 Å². The molecular weight excluding hydrogens is 352 g/mol. The fourth-order valence-electron chi connectivity index (χ4n) is 1.64. The Balaban J connectivity index is 0. The zero-order chi connectivity index (χ0) is 18.2. The average molecular weight is 389 g/mol. The van der Waals surface area contributed by atoms with Gasteiger partial charge in [-0.05, 0) is 52.5 Å². The largest absolute Gasteiger partial charge is 0.679 e. The first kappa shape index (κ1) is 25.8. The van der Waals surface area contributed by atoms with Crippen molar-refractivity contribution in [1.82, 2.24) is 0 Å². The number of thiol groups is 1. The number of hydrogen-bond donors (Lipinski definition) is 1. The van der Waals surface area contributed by atoms with Gasteiger partial charge in [0.2, 0.25) is 0 Å². The van der Waals surface area contributed by atoms with Crippen molar-refractivity contribution in [2.75, 3.05) is 46.4 Å². The van der Waals surface area contributed by atoms with Gasteiger partial charge in [-0.1, -0.05) is 0 Å². The lowest BCUT2D eigenvalue weighted by molar-refractivity contribution is -0.0247. The molecule has 0 rings (SSSR count). The minimum Gasteiger partial charge on any atom is -0.398 e. The first-order chi connectivity index (χ1) is 10.9. The molecule has 0 saturated heterocycles. The van der Waals surface area contributed by atoms with Gasteiger partial charge in [0.25, 0.3) is 0 Å². The topological polar surface area (TPSA) is 55.4 Å². The highest BCUT2D eigenvalue weighted by molar-refractivity contribution is 7.80. The molecule has 0 heterocycles.